The number of aromatic hydroxyl groups is 3. The molecule has 0 unspecified atom stereocenters. The van der Waals surface area contributed by atoms with E-state index in [1.807, 2.05) is 60.7 Å². The molecule has 0 fully saturated rings. The Morgan fingerprint density at radius 2 is 1.16 bits per heavy atom. The van der Waals surface area contributed by atoms with Gasteiger partial charge in [0.15, 0.2) is 5.78 Å². The van der Waals surface area contributed by atoms with Gasteiger partial charge in [-0.15, -0.1) is 0 Å². The Bertz CT molecular complexity index is 3550. The standard InChI is InChI=1S/C15H17IN2O3.C13H9N3O.2C10H12I2O.C10H14O.C5H5NO2.I3/c1-15(2,3)10-7-9(8-11(16)13(10)21-4)18-6-5-12(19)17-14(18)20;14-9-10-5-1-2-6-11(10)16-13(17)12-7-3-4-8-15-12;2*1-10(2,3)7-4-6(11)5-8(12)9(7)13;1-10(2,3)8-6-4-5-7-9(8)11;7-4-1-2-6-5(8)3-4;1-3-2/h5-8H,1-4H3,(H,17,19,20);1-8H,(H,16,17);2*4-5,13H,1-3H3;4-7,11H,1-3H3;1-2H,3H2,(H,6,8);/q;;;;;;-1. The number of pyridine rings is 1. The summed E-state index contributed by atoms with van der Waals surface area (Å²) < 4.78 is 12.0. The molecular formula is C63H69I8N6O9-. The number of ketones is 1. The van der Waals surface area contributed by atoms with Gasteiger partial charge in [0, 0.05) is 48.5 Å². The van der Waals surface area contributed by atoms with Crippen molar-refractivity contribution in [2.75, 3.05) is 12.4 Å². The molecule has 6 N–H and O–H groups in total. The SMILES string of the molecule is CC(C)(C)c1cc(I)cc(I)c1O.CC(C)(C)c1cc(I)cc(I)c1O.CC(C)(C)c1ccccc1O.COc1c(I)cc(-n2ccc(=O)[nH]c2=O)cc1C(C)(C)C.I[I-]I.N#Cc1ccccc1NC(=O)c1ccccn1.O=C1C=CNC(=O)C1. The van der Waals surface area contributed by atoms with Gasteiger partial charge in [0.05, 0.1) is 41.2 Å². The van der Waals surface area contributed by atoms with Gasteiger partial charge in [-0.05, 0) is 213 Å². The van der Waals surface area contributed by atoms with E-state index in [9.17, 15) is 39.3 Å². The molecule has 0 radical (unpaired) electrons. The van der Waals surface area contributed by atoms with Crippen molar-refractivity contribution >= 4 is 173 Å². The molecule has 3 heterocycles. The number of phenols is 3. The van der Waals surface area contributed by atoms with E-state index in [0.717, 1.165) is 38.7 Å². The summed E-state index contributed by atoms with van der Waals surface area (Å²) in [6.45, 7) is 25.1. The number of hydrogen-bond donors (Lipinski definition) is 6. The molecular weight excluding hydrogens is 2000 g/mol. The molecule has 2 amide bonds. The summed E-state index contributed by atoms with van der Waals surface area (Å²) in [7, 11) is 1.64. The first-order valence-electron chi connectivity index (χ1n) is 25.8. The second kappa shape index (κ2) is 37.2. The van der Waals surface area contributed by atoms with Crippen LogP contribution in [0.3, 0.4) is 0 Å². The third-order valence-electron chi connectivity index (χ3n) is 11.6. The van der Waals surface area contributed by atoms with E-state index < -0.39 is 11.2 Å². The molecule has 5 aromatic carbocycles. The molecule has 0 spiro atoms. The zero-order valence-electron chi connectivity index (χ0n) is 49.6. The fourth-order valence-electron chi connectivity index (χ4n) is 7.36. The van der Waals surface area contributed by atoms with E-state index in [2.05, 4.69) is 254 Å². The minimum Gasteiger partial charge on any atom is -0.332 e. The minimum atomic E-state index is -0.455. The number of para-hydroxylation sites is 2. The zero-order chi connectivity index (χ0) is 65.5. The van der Waals surface area contributed by atoms with E-state index in [1.54, 1.807) is 61.8 Å². The molecule has 8 rings (SSSR count). The van der Waals surface area contributed by atoms with Crippen LogP contribution in [0.4, 0.5) is 5.69 Å². The summed E-state index contributed by atoms with van der Waals surface area (Å²) in [5, 5.41) is 43.1. The largest absolute Gasteiger partial charge is 0.332 e. The van der Waals surface area contributed by atoms with Gasteiger partial charge >= 0.3 is 56.2 Å². The van der Waals surface area contributed by atoms with Crippen molar-refractivity contribution in [2.24, 2.45) is 0 Å². The monoisotopic (exact) mass is 2070 g/mol. The maximum absolute atomic E-state index is 11.9. The van der Waals surface area contributed by atoms with Gasteiger partial charge in [-0.2, -0.15) is 5.26 Å². The van der Waals surface area contributed by atoms with Crippen LogP contribution in [0.1, 0.15) is 128 Å². The summed E-state index contributed by atoms with van der Waals surface area (Å²) >= 11 is 16.3. The number of carbonyl (C=O) groups excluding carboxylic acids is 3. The van der Waals surface area contributed by atoms with Crippen LogP contribution in [-0.4, -0.2) is 54.6 Å². The molecule has 0 saturated carbocycles. The number of amides is 2. The number of allylic oxidation sites excluding steroid dienone is 1. The van der Waals surface area contributed by atoms with E-state index in [0.29, 0.717) is 53.1 Å². The normalized spacial score (nSPS) is 11.7. The molecule has 462 valence electrons. The molecule has 1 aliphatic rings. The summed E-state index contributed by atoms with van der Waals surface area (Å²) in [6.07, 6.45) is 5.72. The number of nitrogens with zero attached hydrogens (tertiary/aromatic N) is 3. The zero-order valence-corrected chi connectivity index (χ0v) is 66.8. The van der Waals surface area contributed by atoms with E-state index in [1.165, 1.54) is 36.2 Å². The maximum atomic E-state index is 11.9. The van der Waals surface area contributed by atoms with Crippen LogP contribution >= 0.6 is 150 Å². The number of halogens is 8. The van der Waals surface area contributed by atoms with E-state index in [-0.39, 0.29) is 45.7 Å². The number of H-pyrrole nitrogens is 1. The number of nitrogens with one attached hydrogen (secondary N) is 3. The first kappa shape index (κ1) is 78.9. The second-order valence-corrected chi connectivity index (χ2v) is 44.7. The van der Waals surface area contributed by atoms with E-state index in [4.69, 9.17) is 10.00 Å². The number of nitriles is 1. The van der Waals surface area contributed by atoms with Gasteiger partial charge < -0.3 is 30.7 Å². The number of carbonyl (C=O) groups is 3. The molecule has 0 saturated heterocycles. The third-order valence-corrected chi connectivity index (χ3v) is 15.3. The van der Waals surface area contributed by atoms with Crippen LogP contribution in [-0.2, 0) is 31.2 Å². The van der Waals surface area contributed by atoms with Crippen molar-refractivity contribution in [2.45, 2.75) is 111 Å². The summed E-state index contributed by atoms with van der Waals surface area (Å²) in [5.41, 5.74) is 5.03. The van der Waals surface area contributed by atoms with Crippen molar-refractivity contribution in [1.82, 2.24) is 19.9 Å². The average molecular weight is 2070 g/mol. The van der Waals surface area contributed by atoms with Gasteiger partial charge in [0.1, 0.15) is 34.8 Å². The quantitative estimate of drug-likeness (QED) is 0.0716. The molecule has 0 atom stereocenters. The number of phenolic OH excluding ortho intramolecular Hbond substituents is 3. The molecule has 0 aliphatic carbocycles. The van der Waals surface area contributed by atoms with Gasteiger partial charge in [-0.25, -0.2) is 4.79 Å². The Balaban J connectivity index is 0.000000356. The predicted octanol–water partition coefficient (Wildman–Crippen LogP) is 13.5. The summed E-state index contributed by atoms with van der Waals surface area (Å²) in [5.74, 6) is 1.37. The number of methoxy groups -OCH3 is 1. The van der Waals surface area contributed by atoms with Crippen molar-refractivity contribution < 1.29 is 47.7 Å². The maximum Gasteiger partial charge on any atom is 0.274 e. The molecule has 1 aliphatic heterocycles. The van der Waals surface area contributed by atoms with Crippen molar-refractivity contribution in [3.8, 4) is 34.8 Å². The number of anilines is 1. The van der Waals surface area contributed by atoms with Crippen molar-refractivity contribution in [1.29, 1.82) is 5.26 Å². The van der Waals surface area contributed by atoms with E-state index >= 15 is 0 Å². The number of aromatic nitrogens is 3. The number of ether oxygens (including phenoxy) is 1. The number of hydrogen-bond acceptors (Lipinski definition) is 11. The Morgan fingerprint density at radius 3 is 1.58 bits per heavy atom. The van der Waals surface area contributed by atoms with Crippen molar-refractivity contribution in [3.63, 3.8) is 0 Å². The Morgan fingerprint density at radius 1 is 0.663 bits per heavy atom. The van der Waals surface area contributed by atoms with Gasteiger partial charge in [-0.3, -0.25) is 33.7 Å². The molecule has 15 nitrogen and oxygen atoms in total. The van der Waals surface area contributed by atoms with Crippen LogP contribution in [0.2, 0.25) is 0 Å². The summed E-state index contributed by atoms with van der Waals surface area (Å²) in [6, 6.07) is 34.5. The predicted molar refractivity (Wildman–Crippen MR) is 400 cm³/mol. The smallest absolute Gasteiger partial charge is 0.274 e. The average Bonchev–Trinajstić information content (AvgIpc) is 2.32. The minimum absolute atomic E-state index is 0.00347. The van der Waals surface area contributed by atoms with Crippen LogP contribution in [0.25, 0.3) is 5.69 Å². The number of aromatic amines is 1. The fraction of sp³-hybridized carbons (Fsp3) is 0.286. The number of rotatable bonds is 4. The van der Waals surface area contributed by atoms with Gasteiger partial charge in [0.2, 0.25) is 5.91 Å². The molecule has 86 heavy (non-hydrogen) atoms. The van der Waals surface area contributed by atoms with Crippen LogP contribution in [0.5, 0.6) is 23.0 Å². The first-order chi connectivity index (χ1) is 39.9. The molecule has 2 aromatic heterocycles. The van der Waals surface area contributed by atoms with Crippen LogP contribution < -0.4 is 39.9 Å². The fourth-order valence-corrected chi connectivity index (χ4v) is 11.9. The van der Waals surface area contributed by atoms with Crippen LogP contribution in [0, 0.1) is 29.2 Å². The van der Waals surface area contributed by atoms with Gasteiger partial charge in [-0.1, -0.05) is 119 Å². The molecule has 23 heteroatoms. The van der Waals surface area contributed by atoms with Crippen molar-refractivity contribution in [3.05, 3.63) is 206 Å². The Hall–Kier alpha value is -3.19. The Kier molecular flexibility index (Phi) is 34.1. The number of benzene rings is 5. The second-order valence-electron chi connectivity index (χ2n) is 22.5. The van der Waals surface area contributed by atoms with Crippen LogP contribution in [0.15, 0.2) is 143 Å². The molecule has 0 bridgehead atoms. The topological polar surface area (TPSA) is 237 Å². The Labute approximate surface area is 602 Å². The molecule has 7 aromatic rings. The van der Waals surface area contributed by atoms with Gasteiger partial charge in [0.25, 0.3) is 11.5 Å². The first-order valence-corrected chi connectivity index (χ1v) is 43.8. The summed E-state index contributed by atoms with van der Waals surface area (Å²) in [4.78, 5) is 61.7. The third kappa shape index (κ3) is 27.1.